The average molecular weight is 213 g/mol. The van der Waals surface area contributed by atoms with Gasteiger partial charge in [0.1, 0.15) is 6.10 Å². The van der Waals surface area contributed by atoms with E-state index in [2.05, 4.69) is 10.0 Å². The summed E-state index contributed by atoms with van der Waals surface area (Å²) in [5.74, 6) is -0.212. The van der Waals surface area contributed by atoms with Crippen molar-refractivity contribution in [1.29, 1.82) is 0 Å². The topological polar surface area (TPSA) is 75.1 Å². The zero-order chi connectivity index (χ0) is 11.7. The Morgan fingerprint density at radius 1 is 1.40 bits per heavy atom. The number of hydrogen-bond donors (Lipinski definition) is 0. The highest BCUT2D eigenvalue weighted by Crippen LogP contribution is 2.13. The van der Waals surface area contributed by atoms with Gasteiger partial charge in [-0.2, -0.15) is 0 Å². The van der Waals surface area contributed by atoms with Gasteiger partial charge in [0.25, 0.3) is 0 Å². The fourth-order valence-corrected chi connectivity index (χ4v) is 1.35. The van der Waals surface area contributed by atoms with E-state index in [9.17, 15) is 4.79 Å². The van der Waals surface area contributed by atoms with E-state index in [0.717, 1.165) is 6.42 Å². The molecular weight excluding hydrogens is 194 g/mol. The molecule has 0 aliphatic carbocycles. The average Bonchev–Trinajstić information content (AvgIpc) is 2.23. The van der Waals surface area contributed by atoms with Gasteiger partial charge in [-0.3, -0.25) is 4.79 Å². The highest BCUT2D eigenvalue weighted by molar-refractivity contribution is 5.69. The Labute approximate surface area is 90.4 Å². The van der Waals surface area contributed by atoms with Gasteiger partial charge in [0.15, 0.2) is 0 Å². The molecule has 0 aliphatic rings. The lowest BCUT2D eigenvalue weighted by molar-refractivity contribution is -0.150. The number of carbonyl (C=O) groups is 1. The van der Waals surface area contributed by atoms with E-state index in [0.29, 0.717) is 19.3 Å². The molecule has 0 aromatic heterocycles. The van der Waals surface area contributed by atoms with Gasteiger partial charge in [0.2, 0.25) is 0 Å². The van der Waals surface area contributed by atoms with Crippen LogP contribution in [-0.2, 0) is 9.53 Å². The third-order valence-electron chi connectivity index (χ3n) is 2.19. The maximum Gasteiger partial charge on any atom is 0.306 e. The summed E-state index contributed by atoms with van der Waals surface area (Å²) in [7, 11) is 0. The van der Waals surface area contributed by atoms with E-state index in [-0.39, 0.29) is 18.1 Å². The number of nitrogens with zero attached hydrogens (tertiary/aromatic N) is 3. The molecule has 0 heterocycles. The highest BCUT2D eigenvalue weighted by Gasteiger charge is 2.20. The van der Waals surface area contributed by atoms with Gasteiger partial charge in [-0.15, -0.1) is 0 Å². The quantitative estimate of drug-likeness (QED) is 0.282. The van der Waals surface area contributed by atoms with Crippen molar-refractivity contribution >= 4 is 5.97 Å². The molecular formula is C10H19N3O2. The SMILES string of the molecule is CCCC(=O)O[C@@H](CC)[C@@H](CC)N=[N+]=[N-]. The summed E-state index contributed by atoms with van der Waals surface area (Å²) < 4.78 is 5.24. The second kappa shape index (κ2) is 8.12. The number of carbonyl (C=O) groups excluding carboxylic acids is 1. The van der Waals surface area contributed by atoms with E-state index >= 15 is 0 Å². The molecule has 5 nitrogen and oxygen atoms in total. The summed E-state index contributed by atoms with van der Waals surface area (Å²) in [5.41, 5.74) is 8.37. The molecule has 0 amide bonds. The maximum absolute atomic E-state index is 11.3. The molecule has 0 rings (SSSR count). The van der Waals surface area contributed by atoms with Crippen LogP contribution in [0.15, 0.2) is 5.11 Å². The third-order valence-corrected chi connectivity index (χ3v) is 2.19. The Kier molecular flexibility index (Phi) is 7.46. The van der Waals surface area contributed by atoms with E-state index < -0.39 is 0 Å². The van der Waals surface area contributed by atoms with Crippen LogP contribution in [0.1, 0.15) is 46.5 Å². The number of azide groups is 1. The minimum Gasteiger partial charge on any atom is -0.462 e. The van der Waals surface area contributed by atoms with Gasteiger partial charge in [-0.05, 0) is 24.8 Å². The molecule has 0 saturated carbocycles. The first-order valence-corrected chi connectivity index (χ1v) is 5.43. The minimum absolute atomic E-state index is 0.212. The number of hydrogen-bond acceptors (Lipinski definition) is 3. The molecule has 0 fully saturated rings. The minimum atomic E-state index is -0.287. The van der Waals surface area contributed by atoms with Crippen LogP contribution in [0.5, 0.6) is 0 Å². The van der Waals surface area contributed by atoms with E-state index in [1.807, 2.05) is 20.8 Å². The summed E-state index contributed by atoms with van der Waals surface area (Å²) >= 11 is 0. The van der Waals surface area contributed by atoms with Gasteiger partial charge in [0, 0.05) is 11.3 Å². The van der Waals surface area contributed by atoms with Gasteiger partial charge in [-0.1, -0.05) is 25.9 Å². The molecule has 0 bridgehead atoms. The molecule has 0 aromatic carbocycles. The van der Waals surface area contributed by atoms with Crippen molar-refractivity contribution in [3.63, 3.8) is 0 Å². The first-order chi connectivity index (χ1) is 7.19. The van der Waals surface area contributed by atoms with Crippen LogP contribution < -0.4 is 0 Å². The fraction of sp³-hybridized carbons (Fsp3) is 0.900. The third kappa shape index (κ3) is 5.27. The van der Waals surface area contributed by atoms with Gasteiger partial charge >= 0.3 is 5.97 Å². The van der Waals surface area contributed by atoms with Crippen LogP contribution in [0, 0.1) is 0 Å². The molecule has 15 heavy (non-hydrogen) atoms. The maximum atomic E-state index is 11.3. The van der Waals surface area contributed by atoms with Crippen molar-refractivity contribution in [3.05, 3.63) is 10.4 Å². The predicted molar refractivity (Wildman–Crippen MR) is 58.3 cm³/mol. The number of ether oxygens (including phenoxy) is 1. The standard InChI is InChI=1S/C10H19N3O2/c1-4-7-10(14)15-9(6-3)8(5-2)12-13-11/h8-9H,4-7H2,1-3H3/t8-,9+/m1/s1. The van der Waals surface area contributed by atoms with Gasteiger partial charge in [0.05, 0.1) is 6.04 Å². The van der Waals surface area contributed by atoms with Crippen molar-refractivity contribution in [2.45, 2.75) is 58.6 Å². The Bertz CT molecular complexity index is 237. The molecule has 0 saturated heterocycles. The first kappa shape index (κ1) is 13.8. The molecule has 0 radical (unpaired) electrons. The van der Waals surface area contributed by atoms with Gasteiger partial charge in [-0.25, -0.2) is 0 Å². The van der Waals surface area contributed by atoms with Crippen LogP contribution in [0.2, 0.25) is 0 Å². The Morgan fingerprint density at radius 3 is 2.47 bits per heavy atom. The lowest BCUT2D eigenvalue weighted by Crippen LogP contribution is -2.28. The molecule has 2 atom stereocenters. The van der Waals surface area contributed by atoms with E-state index in [4.69, 9.17) is 10.3 Å². The second-order valence-corrected chi connectivity index (χ2v) is 3.37. The molecule has 86 valence electrons. The number of esters is 1. The van der Waals surface area contributed by atoms with Crippen LogP contribution >= 0.6 is 0 Å². The first-order valence-electron chi connectivity index (χ1n) is 5.43. The van der Waals surface area contributed by atoms with E-state index in [1.54, 1.807) is 0 Å². The highest BCUT2D eigenvalue weighted by atomic mass is 16.5. The molecule has 0 aromatic rings. The zero-order valence-electron chi connectivity index (χ0n) is 9.64. The van der Waals surface area contributed by atoms with Crippen LogP contribution in [0.3, 0.4) is 0 Å². The van der Waals surface area contributed by atoms with Crippen molar-refractivity contribution in [2.24, 2.45) is 5.11 Å². The van der Waals surface area contributed by atoms with E-state index in [1.165, 1.54) is 0 Å². The normalized spacial score (nSPS) is 13.8. The monoisotopic (exact) mass is 213 g/mol. The summed E-state index contributed by atoms with van der Waals surface area (Å²) in [5, 5.41) is 3.63. The molecule has 0 N–H and O–H groups in total. The largest absolute Gasteiger partial charge is 0.462 e. The van der Waals surface area contributed by atoms with Crippen molar-refractivity contribution in [1.82, 2.24) is 0 Å². The Hall–Kier alpha value is -1.22. The molecule has 0 spiro atoms. The Balaban J connectivity index is 4.32. The van der Waals surface area contributed by atoms with Crippen LogP contribution in [0.4, 0.5) is 0 Å². The predicted octanol–water partition coefficient (Wildman–Crippen LogP) is 3.20. The van der Waals surface area contributed by atoms with Crippen molar-refractivity contribution in [2.75, 3.05) is 0 Å². The summed E-state index contributed by atoms with van der Waals surface area (Å²) in [6.07, 6.45) is 2.26. The summed E-state index contributed by atoms with van der Waals surface area (Å²) in [6.45, 7) is 5.75. The smallest absolute Gasteiger partial charge is 0.306 e. The lowest BCUT2D eigenvalue weighted by atomic mass is 10.1. The molecule has 0 aliphatic heterocycles. The molecule has 0 unspecified atom stereocenters. The molecule has 5 heteroatoms. The van der Waals surface area contributed by atoms with Crippen molar-refractivity contribution in [3.8, 4) is 0 Å². The lowest BCUT2D eigenvalue weighted by Gasteiger charge is -2.21. The second-order valence-electron chi connectivity index (χ2n) is 3.37. The van der Waals surface area contributed by atoms with Gasteiger partial charge < -0.3 is 4.74 Å². The van der Waals surface area contributed by atoms with Crippen LogP contribution in [-0.4, -0.2) is 18.1 Å². The van der Waals surface area contributed by atoms with Crippen molar-refractivity contribution < 1.29 is 9.53 Å². The Morgan fingerprint density at radius 2 is 2.07 bits per heavy atom. The van der Waals surface area contributed by atoms with Crippen LogP contribution in [0.25, 0.3) is 10.4 Å². The number of rotatable bonds is 7. The summed E-state index contributed by atoms with van der Waals surface area (Å²) in [4.78, 5) is 14.0. The zero-order valence-corrected chi connectivity index (χ0v) is 9.64. The fourth-order valence-electron chi connectivity index (χ4n) is 1.35. The summed E-state index contributed by atoms with van der Waals surface area (Å²) in [6, 6.07) is -0.249.